The van der Waals surface area contributed by atoms with Crippen molar-refractivity contribution >= 4 is 5.69 Å². The van der Waals surface area contributed by atoms with Gasteiger partial charge in [-0.25, -0.2) is 0 Å². The maximum Gasteiger partial charge on any atom is 0.305 e. The third-order valence-electron chi connectivity index (χ3n) is 2.26. The lowest BCUT2D eigenvalue weighted by molar-refractivity contribution is -0.387. The molecule has 1 N–H and O–H groups in total. The van der Waals surface area contributed by atoms with Crippen LogP contribution in [0.25, 0.3) is 0 Å². The van der Waals surface area contributed by atoms with Crippen molar-refractivity contribution in [2.45, 2.75) is 6.42 Å². The standard InChI is InChI=1S/C11H9FN2O2/c12-10-4-3-8(7-11(10)14(15)16)6-9-2-1-5-13-9/h1-5,7,13H,6H2. The van der Waals surface area contributed by atoms with Crippen molar-refractivity contribution in [3.8, 4) is 0 Å². The molecule has 0 bridgehead atoms. The first-order valence-corrected chi connectivity index (χ1v) is 4.72. The van der Waals surface area contributed by atoms with Gasteiger partial charge in [-0.1, -0.05) is 6.07 Å². The van der Waals surface area contributed by atoms with E-state index in [1.807, 2.05) is 12.1 Å². The fourth-order valence-electron chi connectivity index (χ4n) is 1.51. The van der Waals surface area contributed by atoms with Crippen LogP contribution in [0, 0.1) is 15.9 Å². The summed E-state index contributed by atoms with van der Waals surface area (Å²) >= 11 is 0. The molecule has 16 heavy (non-hydrogen) atoms. The predicted octanol–water partition coefficient (Wildman–Crippen LogP) is 2.65. The average molecular weight is 220 g/mol. The minimum atomic E-state index is -0.805. The molecule has 0 radical (unpaired) electrons. The van der Waals surface area contributed by atoms with Gasteiger partial charge in [-0.15, -0.1) is 0 Å². The fraction of sp³-hybridized carbons (Fsp3) is 0.0909. The highest BCUT2D eigenvalue weighted by molar-refractivity contribution is 5.37. The third-order valence-corrected chi connectivity index (χ3v) is 2.26. The average Bonchev–Trinajstić information content (AvgIpc) is 2.73. The summed E-state index contributed by atoms with van der Waals surface area (Å²) in [5.41, 5.74) is 1.15. The van der Waals surface area contributed by atoms with Gasteiger partial charge >= 0.3 is 5.69 Å². The Morgan fingerprint density at radius 3 is 2.81 bits per heavy atom. The van der Waals surface area contributed by atoms with Crippen LogP contribution < -0.4 is 0 Å². The van der Waals surface area contributed by atoms with E-state index < -0.39 is 16.4 Å². The summed E-state index contributed by atoms with van der Waals surface area (Å²) in [6.45, 7) is 0. The zero-order valence-electron chi connectivity index (χ0n) is 8.31. The number of benzene rings is 1. The van der Waals surface area contributed by atoms with Gasteiger partial charge in [-0.05, 0) is 23.8 Å². The minimum absolute atomic E-state index is 0.482. The second kappa shape index (κ2) is 4.14. The minimum Gasteiger partial charge on any atom is -0.365 e. The predicted molar refractivity (Wildman–Crippen MR) is 56.7 cm³/mol. The molecule has 4 nitrogen and oxygen atoms in total. The molecular formula is C11H9FN2O2. The first-order chi connectivity index (χ1) is 7.66. The first-order valence-electron chi connectivity index (χ1n) is 4.72. The van der Waals surface area contributed by atoms with Crippen LogP contribution in [-0.4, -0.2) is 9.91 Å². The number of hydrogen-bond donors (Lipinski definition) is 1. The van der Waals surface area contributed by atoms with Crippen LogP contribution in [0.5, 0.6) is 0 Å². The number of hydrogen-bond acceptors (Lipinski definition) is 2. The van der Waals surface area contributed by atoms with E-state index in [1.54, 1.807) is 12.3 Å². The molecule has 2 aromatic rings. The van der Waals surface area contributed by atoms with E-state index in [1.165, 1.54) is 6.07 Å². The van der Waals surface area contributed by atoms with Gasteiger partial charge in [0.2, 0.25) is 5.82 Å². The number of rotatable bonds is 3. The quantitative estimate of drug-likeness (QED) is 0.638. The largest absolute Gasteiger partial charge is 0.365 e. The molecule has 1 aromatic heterocycles. The van der Waals surface area contributed by atoms with Crippen LogP contribution in [-0.2, 0) is 6.42 Å². The van der Waals surface area contributed by atoms with E-state index in [-0.39, 0.29) is 0 Å². The van der Waals surface area contributed by atoms with Crippen molar-refractivity contribution < 1.29 is 9.31 Å². The molecule has 0 saturated carbocycles. The molecule has 0 spiro atoms. The van der Waals surface area contributed by atoms with Gasteiger partial charge in [0.15, 0.2) is 0 Å². The second-order valence-corrected chi connectivity index (χ2v) is 3.42. The van der Waals surface area contributed by atoms with E-state index in [2.05, 4.69) is 4.98 Å². The van der Waals surface area contributed by atoms with Gasteiger partial charge in [-0.3, -0.25) is 10.1 Å². The van der Waals surface area contributed by atoms with Crippen molar-refractivity contribution in [3.63, 3.8) is 0 Å². The molecule has 0 fully saturated rings. The molecule has 0 aliphatic carbocycles. The van der Waals surface area contributed by atoms with E-state index in [0.717, 1.165) is 11.8 Å². The summed E-state index contributed by atoms with van der Waals surface area (Å²) in [6.07, 6.45) is 2.29. The van der Waals surface area contributed by atoms with Crippen LogP contribution in [0.2, 0.25) is 0 Å². The summed E-state index contributed by atoms with van der Waals surface area (Å²) in [7, 11) is 0. The Bertz CT molecular complexity index is 509. The summed E-state index contributed by atoms with van der Waals surface area (Å²) < 4.78 is 13.0. The van der Waals surface area contributed by atoms with E-state index >= 15 is 0 Å². The summed E-state index contributed by atoms with van der Waals surface area (Å²) in [6, 6.07) is 7.64. The number of nitro benzene ring substituents is 1. The Balaban J connectivity index is 2.29. The van der Waals surface area contributed by atoms with Crippen LogP contribution in [0.3, 0.4) is 0 Å². The van der Waals surface area contributed by atoms with Gasteiger partial charge in [-0.2, -0.15) is 4.39 Å². The molecule has 0 unspecified atom stereocenters. The van der Waals surface area contributed by atoms with E-state index in [9.17, 15) is 14.5 Å². The van der Waals surface area contributed by atoms with E-state index in [4.69, 9.17) is 0 Å². The van der Waals surface area contributed by atoms with Crippen LogP contribution >= 0.6 is 0 Å². The van der Waals surface area contributed by atoms with Crippen molar-refractivity contribution in [3.05, 3.63) is 63.7 Å². The molecular weight excluding hydrogens is 211 g/mol. The Kier molecular flexibility index (Phi) is 2.68. The molecule has 2 rings (SSSR count). The van der Waals surface area contributed by atoms with Crippen LogP contribution in [0.1, 0.15) is 11.3 Å². The number of nitrogens with zero attached hydrogens (tertiary/aromatic N) is 1. The highest BCUT2D eigenvalue weighted by Crippen LogP contribution is 2.19. The normalized spacial score (nSPS) is 10.3. The lowest BCUT2D eigenvalue weighted by Crippen LogP contribution is -1.95. The van der Waals surface area contributed by atoms with Crippen molar-refractivity contribution in [2.24, 2.45) is 0 Å². The molecule has 1 aromatic carbocycles. The van der Waals surface area contributed by atoms with Crippen LogP contribution in [0.4, 0.5) is 10.1 Å². The highest BCUT2D eigenvalue weighted by atomic mass is 19.1. The zero-order chi connectivity index (χ0) is 11.5. The fourth-order valence-corrected chi connectivity index (χ4v) is 1.51. The number of aromatic nitrogens is 1. The number of nitrogens with one attached hydrogen (secondary N) is 1. The smallest absolute Gasteiger partial charge is 0.305 e. The van der Waals surface area contributed by atoms with E-state index in [0.29, 0.717) is 12.0 Å². The number of aromatic amines is 1. The molecule has 1 heterocycles. The Hall–Kier alpha value is -2.17. The highest BCUT2D eigenvalue weighted by Gasteiger charge is 2.14. The van der Waals surface area contributed by atoms with Gasteiger partial charge in [0.1, 0.15) is 0 Å². The van der Waals surface area contributed by atoms with Gasteiger partial charge in [0, 0.05) is 24.4 Å². The van der Waals surface area contributed by atoms with Gasteiger partial charge in [0.05, 0.1) is 4.92 Å². The first kappa shape index (κ1) is 10.4. The molecule has 5 heteroatoms. The summed E-state index contributed by atoms with van der Waals surface area (Å²) in [5, 5.41) is 10.5. The SMILES string of the molecule is O=[N+]([O-])c1cc(Cc2ccc[nH]2)ccc1F. The van der Waals surface area contributed by atoms with Crippen LogP contribution in [0.15, 0.2) is 36.5 Å². The third kappa shape index (κ3) is 2.08. The topological polar surface area (TPSA) is 58.9 Å². The molecule has 0 aliphatic rings. The van der Waals surface area contributed by atoms with Crippen molar-refractivity contribution in [1.82, 2.24) is 4.98 Å². The summed E-state index contributed by atoms with van der Waals surface area (Å²) in [5.74, 6) is -0.805. The maximum atomic E-state index is 13.0. The zero-order valence-corrected chi connectivity index (χ0v) is 8.31. The number of halogens is 1. The molecule has 0 atom stereocenters. The molecule has 0 amide bonds. The number of nitro groups is 1. The maximum absolute atomic E-state index is 13.0. The Morgan fingerprint density at radius 1 is 1.38 bits per heavy atom. The summed E-state index contributed by atoms with van der Waals surface area (Å²) in [4.78, 5) is 12.8. The van der Waals surface area contributed by atoms with Gasteiger partial charge < -0.3 is 4.98 Å². The molecule has 82 valence electrons. The lowest BCUT2D eigenvalue weighted by Gasteiger charge is -2.00. The molecule has 0 aliphatic heterocycles. The second-order valence-electron chi connectivity index (χ2n) is 3.42. The molecule has 0 saturated heterocycles. The van der Waals surface area contributed by atoms with Crippen molar-refractivity contribution in [2.75, 3.05) is 0 Å². The Morgan fingerprint density at radius 2 is 2.19 bits per heavy atom. The number of H-pyrrole nitrogens is 1. The van der Waals surface area contributed by atoms with Crippen molar-refractivity contribution in [1.29, 1.82) is 0 Å². The van der Waals surface area contributed by atoms with Gasteiger partial charge in [0.25, 0.3) is 0 Å². The lowest BCUT2D eigenvalue weighted by atomic mass is 10.1. The monoisotopic (exact) mass is 220 g/mol. The Labute approximate surface area is 90.9 Å².